The first-order chi connectivity index (χ1) is 14.0. The van der Waals surface area contributed by atoms with E-state index >= 15 is 0 Å². The average Bonchev–Trinajstić information content (AvgIpc) is 3.21. The Kier molecular flexibility index (Phi) is 6.16. The number of para-hydroxylation sites is 1. The number of aryl methyl sites for hydroxylation is 1. The second-order valence-corrected chi connectivity index (χ2v) is 6.04. The molecule has 0 saturated heterocycles. The van der Waals surface area contributed by atoms with Crippen LogP contribution in [0, 0.1) is 6.92 Å². The molecule has 0 radical (unpaired) electrons. The number of carbonyl (C=O) groups excluding carboxylic acids is 3. The van der Waals surface area contributed by atoms with Gasteiger partial charge in [-0.2, -0.15) is 5.10 Å². The predicted molar refractivity (Wildman–Crippen MR) is 109 cm³/mol. The number of nitrogens with zero attached hydrogens (tertiary/aromatic N) is 1. The first-order valence-electron chi connectivity index (χ1n) is 8.68. The van der Waals surface area contributed by atoms with Crippen LogP contribution in [-0.4, -0.2) is 23.9 Å². The summed E-state index contributed by atoms with van der Waals surface area (Å²) in [4.78, 5) is 36.7. The summed E-state index contributed by atoms with van der Waals surface area (Å²) in [6, 6.07) is 17.0. The highest BCUT2D eigenvalue weighted by atomic mass is 16.3. The fraction of sp³-hybridized carbons (Fsp3) is 0.0476. The molecule has 2 aromatic carbocycles. The normalized spacial score (nSPS) is 10.5. The molecule has 3 aromatic rings. The van der Waals surface area contributed by atoms with Gasteiger partial charge in [-0.15, -0.1) is 0 Å². The van der Waals surface area contributed by atoms with Crippen molar-refractivity contribution < 1.29 is 18.8 Å². The number of amides is 3. The van der Waals surface area contributed by atoms with E-state index in [4.69, 9.17) is 4.42 Å². The quantitative estimate of drug-likeness (QED) is 0.353. The average molecular weight is 390 g/mol. The van der Waals surface area contributed by atoms with E-state index in [0.717, 1.165) is 5.56 Å². The van der Waals surface area contributed by atoms with Gasteiger partial charge in [-0.1, -0.05) is 24.3 Å². The highest BCUT2D eigenvalue weighted by molar-refractivity contribution is 6.40. The molecule has 0 saturated carbocycles. The van der Waals surface area contributed by atoms with E-state index in [1.165, 1.54) is 18.5 Å². The third-order valence-corrected chi connectivity index (χ3v) is 3.80. The molecule has 0 fully saturated rings. The van der Waals surface area contributed by atoms with Crippen molar-refractivity contribution in [1.29, 1.82) is 0 Å². The van der Waals surface area contributed by atoms with Gasteiger partial charge >= 0.3 is 11.8 Å². The number of rotatable bonds is 5. The summed E-state index contributed by atoms with van der Waals surface area (Å²) in [7, 11) is 0. The summed E-state index contributed by atoms with van der Waals surface area (Å²) < 4.78 is 5.02. The molecule has 3 N–H and O–H groups in total. The summed E-state index contributed by atoms with van der Waals surface area (Å²) in [5, 5.41) is 8.83. The lowest BCUT2D eigenvalue weighted by atomic mass is 10.1. The van der Waals surface area contributed by atoms with Gasteiger partial charge in [-0.25, -0.2) is 5.43 Å². The van der Waals surface area contributed by atoms with Gasteiger partial charge in [0.2, 0.25) is 0 Å². The topological polar surface area (TPSA) is 113 Å². The number of carbonyl (C=O) groups is 3. The Morgan fingerprint density at radius 2 is 1.76 bits per heavy atom. The predicted octanol–water partition coefficient (Wildman–Crippen LogP) is 2.93. The molecule has 1 heterocycles. The summed E-state index contributed by atoms with van der Waals surface area (Å²) in [6.07, 6.45) is 2.71. The molecule has 0 unspecified atom stereocenters. The molecule has 8 heteroatoms. The molecule has 0 aliphatic rings. The van der Waals surface area contributed by atoms with Crippen molar-refractivity contribution in [3.05, 3.63) is 83.8 Å². The standard InChI is InChI=1S/C21H18N4O4/c1-14-6-4-7-15(12-14)23-19(26)17-9-2-3-10-18(17)24-20(27)21(28)25-22-13-16-8-5-11-29-16/h2-13H,1H3,(H,23,26)(H,24,27)(H,25,28)/b22-13-. The molecule has 29 heavy (non-hydrogen) atoms. The Bertz CT molecular complexity index is 1060. The Morgan fingerprint density at radius 3 is 2.52 bits per heavy atom. The number of hydrazone groups is 1. The Labute approximate surface area is 166 Å². The first-order valence-corrected chi connectivity index (χ1v) is 8.68. The van der Waals surface area contributed by atoms with Gasteiger partial charge < -0.3 is 15.1 Å². The fourth-order valence-corrected chi connectivity index (χ4v) is 2.46. The maximum Gasteiger partial charge on any atom is 0.329 e. The van der Waals surface area contributed by atoms with Crippen LogP contribution in [-0.2, 0) is 9.59 Å². The van der Waals surface area contributed by atoms with Crippen LogP contribution in [0.2, 0.25) is 0 Å². The summed E-state index contributed by atoms with van der Waals surface area (Å²) >= 11 is 0. The first kappa shape index (κ1) is 19.6. The van der Waals surface area contributed by atoms with Gasteiger partial charge in [-0.05, 0) is 48.9 Å². The maximum atomic E-state index is 12.6. The van der Waals surface area contributed by atoms with Crippen molar-refractivity contribution in [2.75, 3.05) is 10.6 Å². The lowest BCUT2D eigenvalue weighted by Gasteiger charge is -2.11. The van der Waals surface area contributed by atoms with Crippen LogP contribution in [0.3, 0.4) is 0 Å². The Hall–Kier alpha value is -4.20. The molecular weight excluding hydrogens is 372 g/mol. The van der Waals surface area contributed by atoms with Crippen LogP contribution in [0.25, 0.3) is 0 Å². The van der Waals surface area contributed by atoms with Crippen LogP contribution in [0.5, 0.6) is 0 Å². The van der Waals surface area contributed by atoms with E-state index < -0.39 is 17.7 Å². The van der Waals surface area contributed by atoms with Crippen molar-refractivity contribution in [2.24, 2.45) is 5.10 Å². The summed E-state index contributed by atoms with van der Waals surface area (Å²) in [5.41, 5.74) is 4.13. The second-order valence-electron chi connectivity index (χ2n) is 6.04. The van der Waals surface area contributed by atoms with Crippen LogP contribution in [0.1, 0.15) is 21.7 Å². The van der Waals surface area contributed by atoms with Crippen molar-refractivity contribution in [1.82, 2.24) is 5.43 Å². The largest absolute Gasteiger partial charge is 0.463 e. The van der Waals surface area contributed by atoms with Gasteiger partial charge in [0.15, 0.2) is 0 Å². The Morgan fingerprint density at radius 1 is 0.931 bits per heavy atom. The lowest BCUT2D eigenvalue weighted by molar-refractivity contribution is -0.136. The highest BCUT2D eigenvalue weighted by Crippen LogP contribution is 2.18. The molecule has 3 amide bonds. The maximum absolute atomic E-state index is 12.6. The fourth-order valence-electron chi connectivity index (χ4n) is 2.46. The van der Waals surface area contributed by atoms with E-state index in [0.29, 0.717) is 11.4 Å². The minimum Gasteiger partial charge on any atom is -0.463 e. The third-order valence-electron chi connectivity index (χ3n) is 3.80. The van der Waals surface area contributed by atoms with Crippen LogP contribution in [0.4, 0.5) is 11.4 Å². The summed E-state index contributed by atoms with van der Waals surface area (Å²) in [6.45, 7) is 1.91. The number of anilines is 2. The minimum atomic E-state index is -0.985. The van der Waals surface area contributed by atoms with Gasteiger partial charge in [-0.3, -0.25) is 14.4 Å². The van der Waals surface area contributed by atoms with Crippen LogP contribution < -0.4 is 16.1 Å². The molecule has 146 valence electrons. The number of hydrogen-bond acceptors (Lipinski definition) is 5. The lowest BCUT2D eigenvalue weighted by Crippen LogP contribution is -2.33. The molecular formula is C21H18N4O4. The molecule has 0 aliphatic carbocycles. The zero-order valence-corrected chi connectivity index (χ0v) is 15.5. The summed E-state index contributed by atoms with van der Waals surface area (Å²) in [5.74, 6) is -1.94. The molecule has 8 nitrogen and oxygen atoms in total. The zero-order chi connectivity index (χ0) is 20.6. The SMILES string of the molecule is Cc1cccc(NC(=O)c2ccccc2NC(=O)C(=O)N/N=C\c2ccco2)c1. The van der Waals surface area contributed by atoms with Crippen molar-refractivity contribution in [3.63, 3.8) is 0 Å². The van der Waals surface area contributed by atoms with E-state index in [2.05, 4.69) is 21.2 Å². The van der Waals surface area contributed by atoms with E-state index in [-0.39, 0.29) is 11.3 Å². The second kappa shape index (κ2) is 9.14. The molecule has 0 bridgehead atoms. The van der Waals surface area contributed by atoms with Gasteiger partial charge in [0.25, 0.3) is 5.91 Å². The molecule has 1 aromatic heterocycles. The number of hydrogen-bond donors (Lipinski definition) is 3. The Balaban J connectivity index is 1.65. The van der Waals surface area contributed by atoms with Crippen LogP contribution >= 0.6 is 0 Å². The third kappa shape index (κ3) is 5.39. The monoisotopic (exact) mass is 390 g/mol. The van der Waals surface area contributed by atoms with Crippen molar-refractivity contribution >= 4 is 35.3 Å². The van der Waals surface area contributed by atoms with E-state index in [1.54, 1.807) is 36.4 Å². The van der Waals surface area contributed by atoms with E-state index in [1.807, 2.05) is 25.1 Å². The minimum absolute atomic E-state index is 0.202. The van der Waals surface area contributed by atoms with Crippen LogP contribution in [0.15, 0.2) is 76.4 Å². The van der Waals surface area contributed by atoms with Crippen molar-refractivity contribution in [3.8, 4) is 0 Å². The number of nitrogens with one attached hydrogen (secondary N) is 3. The number of benzene rings is 2. The smallest absolute Gasteiger partial charge is 0.329 e. The zero-order valence-electron chi connectivity index (χ0n) is 15.5. The van der Waals surface area contributed by atoms with E-state index in [9.17, 15) is 14.4 Å². The van der Waals surface area contributed by atoms with Gasteiger partial charge in [0.05, 0.1) is 23.7 Å². The highest BCUT2D eigenvalue weighted by Gasteiger charge is 2.17. The number of furan rings is 1. The molecule has 0 atom stereocenters. The van der Waals surface area contributed by atoms with Crippen molar-refractivity contribution in [2.45, 2.75) is 6.92 Å². The molecule has 0 aliphatic heterocycles. The van der Waals surface area contributed by atoms with Gasteiger partial charge in [0.1, 0.15) is 5.76 Å². The molecule has 0 spiro atoms. The molecule has 3 rings (SSSR count). The van der Waals surface area contributed by atoms with Gasteiger partial charge in [0, 0.05) is 5.69 Å².